The summed E-state index contributed by atoms with van der Waals surface area (Å²) in [5.74, 6) is 0.736. The molecule has 1 saturated heterocycles. The third-order valence-corrected chi connectivity index (χ3v) is 5.53. The van der Waals surface area contributed by atoms with Gasteiger partial charge in [0.15, 0.2) is 6.61 Å². The summed E-state index contributed by atoms with van der Waals surface area (Å²) in [5, 5.41) is 3.13. The third kappa shape index (κ3) is 4.73. The summed E-state index contributed by atoms with van der Waals surface area (Å²) < 4.78 is 11.2. The quantitative estimate of drug-likeness (QED) is 0.860. The fourth-order valence-electron chi connectivity index (χ4n) is 4.03. The number of rotatable bonds is 6. The Kier molecular flexibility index (Phi) is 6.32. The molecule has 1 aliphatic carbocycles. The summed E-state index contributed by atoms with van der Waals surface area (Å²) in [6.45, 7) is 6.30. The molecule has 1 heterocycles. The summed E-state index contributed by atoms with van der Waals surface area (Å²) in [7, 11) is 0. The average Bonchev–Trinajstić information content (AvgIpc) is 2.67. The van der Waals surface area contributed by atoms with Gasteiger partial charge in [0.25, 0.3) is 5.91 Å². The number of benzene rings is 1. The third-order valence-electron chi connectivity index (χ3n) is 5.53. The maximum absolute atomic E-state index is 12.3. The molecule has 2 aliphatic rings. The largest absolute Gasteiger partial charge is 0.484 e. The minimum absolute atomic E-state index is 0.0403. The van der Waals surface area contributed by atoms with Gasteiger partial charge >= 0.3 is 0 Å². The average molecular weight is 346 g/mol. The van der Waals surface area contributed by atoms with E-state index in [1.165, 1.54) is 19.3 Å². The zero-order valence-electron chi connectivity index (χ0n) is 15.3. The molecular weight excluding hydrogens is 316 g/mol. The van der Waals surface area contributed by atoms with E-state index in [1.807, 2.05) is 31.2 Å². The zero-order chi connectivity index (χ0) is 17.5. The zero-order valence-corrected chi connectivity index (χ0v) is 15.3. The van der Waals surface area contributed by atoms with Crippen LogP contribution in [0.5, 0.6) is 5.75 Å². The number of hydrogen-bond donors (Lipinski definition) is 1. The van der Waals surface area contributed by atoms with Gasteiger partial charge in [-0.05, 0) is 31.4 Å². The van der Waals surface area contributed by atoms with Gasteiger partial charge in [0, 0.05) is 25.2 Å². The normalized spacial score (nSPS) is 20.8. The van der Waals surface area contributed by atoms with Crippen LogP contribution in [0, 0.1) is 6.92 Å². The van der Waals surface area contributed by atoms with E-state index in [2.05, 4.69) is 10.2 Å². The first-order valence-corrected chi connectivity index (χ1v) is 9.48. The van der Waals surface area contributed by atoms with Crippen LogP contribution < -0.4 is 10.1 Å². The topological polar surface area (TPSA) is 50.8 Å². The van der Waals surface area contributed by atoms with Crippen molar-refractivity contribution >= 4 is 5.91 Å². The van der Waals surface area contributed by atoms with E-state index in [-0.39, 0.29) is 18.1 Å². The van der Waals surface area contributed by atoms with Crippen LogP contribution in [0.15, 0.2) is 24.3 Å². The molecule has 1 aromatic carbocycles. The lowest BCUT2D eigenvalue weighted by molar-refractivity contribution is -0.124. The molecule has 5 heteroatoms. The Labute approximate surface area is 150 Å². The number of nitrogens with zero attached hydrogens (tertiary/aromatic N) is 1. The van der Waals surface area contributed by atoms with Gasteiger partial charge in [-0.3, -0.25) is 9.69 Å². The molecule has 25 heavy (non-hydrogen) atoms. The fraction of sp³-hybridized carbons (Fsp3) is 0.650. The Bertz CT molecular complexity index is 564. The van der Waals surface area contributed by atoms with Gasteiger partial charge in [-0.2, -0.15) is 0 Å². The summed E-state index contributed by atoms with van der Waals surface area (Å²) in [6, 6.07) is 7.79. The molecule has 2 fully saturated rings. The van der Waals surface area contributed by atoms with E-state index < -0.39 is 0 Å². The minimum Gasteiger partial charge on any atom is -0.484 e. The highest BCUT2D eigenvalue weighted by molar-refractivity contribution is 5.77. The number of amides is 1. The molecule has 3 rings (SSSR count). The van der Waals surface area contributed by atoms with Crippen molar-refractivity contribution in [1.82, 2.24) is 10.2 Å². The molecule has 1 amide bonds. The Balaban J connectivity index is 1.53. The first kappa shape index (κ1) is 18.2. The molecule has 0 aromatic heterocycles. The lowest BCUT2D eigenvalue weighted by Gasteiger charge is -2.48. The van der Waals surface area contributed by atoms with Crippen LogP contribution in [0.2, 0.25) is 0 Å². The van der Waals surface area contributed by atoms with E-state index in [0.717, 1.165) is 50.5 Å². The van der Waals surface area contributed by atoms with Crippen molar-refractivity contribution < 1.29 is 14.3 Å². The standard InChI is InChI=1S/C20H30N2O3/c1-17-7-3-4-8-18(17)25-15-19(23)21-16-20(9-5-2-6-10-20)22-11-13-24-14-12-22/h3-4,7-8H,2,5-6,9-16H2,1H3,(H,21,23). The fourth-order valence-corrected chi connectivity index (χ4v) is 4.03. The second-order valence-corrected chi connectivity index (χ2v) is 7.22. The van der Waals surface area contributed by atoms with Crippen LogP contribution in [0.4, 0.5) is 0 Å². The highest BCUT2D eigenvalue weighted by Gasteiger charge is 2.38. The Morgan fingerprint density at radius 1 is 1.20 bits per heavy atom. The molecule has 1 N–H and O–H groups in total. The van der Waals surface area contributed by atoms with Crippen LogP contribution in [-0.4, -0.2) is 55.8 Å². The first-order chi connectivity index (χ1) is 12.2. The Hall–Kier alpha value is -1.59. The van der Waals surface area contributed by atoms with Crippen LogP contribution in [0.3, 0.4) is 0 Å². The molecule has 138 valence electrons. The highest BCUT2D eigenvalue weighted by Crippen LogP contribution is 2.33. The van der Waals surface area contributed by atoms with E-state index in [9.17, 15) is 4.79 Å². The Morgan fingerprint density at radius 2 is 1.92 bits per heavy atom. The van der Waals surface area contributed by atoms with Gasteiger partial charge in [0.05, 0.1) is 13.2 Å². The lowest BCUT2D eigenvalue weighted by atomic mass is 9.79. The maximum atomic E-state index is 12.3. The molecule has 0 unspecified atom stereocenters. The van der Waals surface area contributed by atoms with Crippen molar-refractivity contribution in [2.24, 2.45) is 0 Å². The molecule has 0 atom stereocenters. The van der Waals surface area contributed by atoms with Gasteiger partial charge < -0.3 is 14.8 Å². The first-order valence-electron chi connectivity index (χ1n) is 9.48. The Morgan fingerprint density at radius 3 is 2.64 bits per heavy atom. The van der Waals surface area contributed by atoms with Crippen molar-refractivity contribution in [3.63, 3.8) is 0 Å². The second-order valence-electron chi connectivity index (χ2n) is 7.22. The number of carbonyl (C=O) groups excluding carboxylic acids is 1. The molecular formula is C20H30N2O3. The van der Waals surface area contributed by atoms with E-state index in [4.69, 9.17) is 9.47 Å². The molecule has 1 saturated carbocycles. The van der Waals surface area contributed by atoms with Gasteiger partial charge in [0.2, 0.25) is 0 Å². The van der Waals surface area contributed by atoms with Crippen molar-refractivity contribution in [2.75, 3.05) is 39.5 Å². The van der Waals surface area contributed by atoms with Crippen molar-refractivity contribution in [3.05, 3.63) is 29.8 Å². The van der Waals surface area contributed by atoms with Gasteiger partial charge in [-0.25, -0.2) is 0 Å². The van der Waals surface area contributed by atoms with Crippen molar-refractivity contribution in [2.45, 2.75) is 44.6 Å². The van der Waals surface area contributed by atoms with Crippen LogP contribution in [-0.2, 0) is 9.53 Å². The summed E-state index contributed by atoms with van der Waals surface area (Å²) >= 11 is 0. The number of aryl methyl sites for hydroxylation is 1. The smallest absolute Gasteiger partial charge is 0.258 e. The summed E-state index contributed by atoms with van der Waals surface area (Å²) in [6.07, 6.45) is 6.11. The molecule has 0 radical (unpaired) electrons. The monoisotopic (exact) mass is 346 g/mol. The van der Waals surface area contributed by atoms with Crippen LogP contribution >= 0.6 is 0 Å². The molecule has 1 aliphatic heterocycles. The number of hydrogen-bond acceptors (Lipinski definition) is 4. The molecule has 5 nitrogen and oxygen atoms in total. The van der Waals surface area contributed by atoms with Gasteiger partial charge in [-0.1, -0.05) is 37.5 Å². The second kappa shape index (κ2) is 8.68. The number of ether oxygens (including phenoxy) is 2. The van der Waals surface area contributed by atoms with E-state index >= 15 is 0 Å². The molecule has 1 aromatic rings. The summed E-state index contributed by atoms with van der Waals surface area (Å²) in [5.41, 5.74) is 1.15. The lowest BCUT2D eigenvalue weighted by Crippen LogP contribution is -2.60. The predicted octanol–water partition coefficient (Wildman–Crippen LogP) is 2.53. The van der Waals surface area contributed by atoms with Gasteiger partial charge in [-0.15, -0.1) is 0 Å². The molecule has 0 bridgehead atoms. The molecule has 0 spiro atoms. The van der Waals surface area contributed by atoms with Crippen LogP contribution in [0.25, 0.3) is 0 Å². The number of morpholine rings is 1. The highest BCUT2D eigenvalue weighted by atomic mass is 16.5. The van der Waals surface area contributed by atoms with Crippen molar-refractivity contribution in [1.29, 1.82) is 0 Å². The summed E-state index contributed by atoms with van der Waals surface area (Å²) in [4.78, 5) is 14.9. The van der Waals surface area contributed by atoms with Gasteiger partial charge in [0.1, 0.15) is 5.75 Å². The number of nitrogens with one attached hydrogen (secondary N) is 1. The SMILES string of the molecule is Cc1ccccc1OCC(=O)NCC1(N2CCOCC2)CCCCC1. The number of para-hydroxylation sites is 1. The van der Waals surface area contributed by atoms with Crippen molar-refractivity contribution in [3.8, 4) is 5.75 Å². The number of carbonyl (C=O) groups is 1. The van der Waals surface area contributed by atoms with E-state index in [1.54, 1.807) is 0 Å². The van der Waals surface area contributed by atoms with Crippen LogP contribution in [0.1, 0.15) is 37.7 Å². The van der Waals surface area contributed by atoms with E-state index in [0.29, 0.717) is 6.54 Å². The maximum Gasteiger partial charge on any atom is 0.258 e. The minimum atomic E-state index is -0.0403. The predicted molar refractivity (Wildman–Crippen MR) is 97.9 cm³/mol.